The van der Waals surface area contributed by atoms with Crippen molar-refractivity contribution in [3.63, 3.8) is 0 Å². The highest BCUT2D eigenvalue weighted by molar-refractivity contribution is 5.70. The zero-order chi connectivity index (χ0) is 14.1. The lowest BCUT2D eigenvalue weighted by atomic mass is 10.0. The molecule has 1 N–H and O–H groups in total. The summed E-state index contributed by atoms with van der Waals surface area (Å²) >= 11 is 0. The van der Waals surface area contributed by atoms with Crippen LogP contribution in [0, 0.1) is 5.92 Å². The Morgan fingerprint density at radius 1 is 1.26 bits per heavy atom. The summed E-state index contributed by atoms with van der Waals surface area (Å²) in [5.41, 5.74) is 4.05. The summed E-state index contributed by atoms with van der Waals surface area (Å²) in [5.74, 6) is 0.0946. The lowest BCUT2D eigenvalue weighted by Crippen LogP contribution is -2.36. The van der Waals surface area contributed by atoms with Gasteiger partial charge in [0.1, 0.15) is 0 Å². The van der Waals surface area contributed by atoms with Crippen molar-refractivity contribution in [3.8, 4) is 0 Å². The fourth-order valence-corrected chi connectivity index (χ4v) is 1.62. The highest BCUT2D eigenvalue weighted by Gasteiger charge is 2.18. The minimum absolute atomic E-state index is 0.0391. The van der Waals surface area contributed by atoms with Gasteiger partial charge in [-0.2, -0.15) is 5.48 Å². The van der Waals surface area contributed by atoms with E-state index in [-0.39, 0.29) is 12.0 Å². The van der Waals surface area contributed by atoms with Gasteiger partial charge in [-0.3, -0.25) is 9.63 Å². The van der Waals surface area contributed by atoms with Crippen LogP contribution < -0.4 is 5.48 Å². The molecule has 0 bridgehead atoms. The van der Waals surface area contributed by atoms with Gasteiger partial charge in [0.05, 0.1) is 19.6 Å². The topological polar surface area (TPSA) is 47.6 Å². The SMILES string of the molecule is CCOC(=O)CC(NOCc1ccccc1)C(C)C. The van der Waals surface area contributed by atoms with E-state index in [0.717, 1.165) is 5.56 Å². The maximum absolute atomic E-state index is 11.5. The zero-order valence-electron chi connectivity index (χ0n) is 11.9. The predicted octanol–water partition coefficient (Wildman–Crippen LogP) is 2.69. The fraction of sp³-hybridized carbons (Fsp3) is 0.533. The third-order valence-electron chi connectivity index (χ3n) is 2.81. The number of hydrogen-bond donors (Lipinski definition) is 1. The van der Waals surface area contributed by atoms with Crippen LogP contribution in [0.2, 0.25) is 0 Å². The Hall–Kier alpha value is -1.39. The monoisotopic (exact) mass is 265 g/mol. The zero-order valence-corrected chi connectivity index (χ0v) is 11.9. The first-order chi connectivity index (χ1) is 9.13. The number of benzene rings is 1. The van der Waals surface area contributed by atoms with Crippen LogP contribution in [-0.4, -0.2) is 18.6 Å². The Labute approximate surface area is 115 Å². The average molecular weight is 265 g/mol. The van der Waals surface area contributed by atoms with Crippen LogP contribution in [-0.2, 0) is 21.0 Å². The molecule has 0 saturated heterocycles. The van der Waals surface area contributed by atoms with Crippen molar-refractivity contribution in [2.75, 3.05) is 6.61 Å². The van der Waals surface area contributed by atoms with Crippen LogP contribution in [0.5, 0.6) is 0 Å². The molecule has 0 aliphatic heterocycles. The molecule has 0 spiro atoms. The first kappa shape index (κ1) is 15.7. The van der Waals surface area contributed by atoms with Crippen LogP contribution in [0.15, 0.2) is 30.3 Å². The molecule has 0 aliphatic rings. The molecule has 0 radical (unpaired) electrons. The van der Waals surface area contributed by atoms with Gasteiger partial charge in [0, 0.05) is 6.04 Å². The molecule has 1 unspecified atom stereocenters. The first-order valence-corrected chi connectivity index (χ1v) is 6.70. The van der Waals surface area contributed by atoms with Crippen molar-refractivity contribution in [3.05, 3.63) is 35.9 Å². The second kappa shape index (κ2) is 8.67. The van der Waals surface area contributed by atoms with Crippen molar-refractivity contribution >= 4 is 5.97 Å². The molecule has 1 rings (SSSR count). The number of hydroxylamine groups is 1. The summed E-state index contributed by atoms with van der Waals surface area (Å²) < 4.78 is 4.95. The van der Waals surface area contributed by atoms with E-state index in [2.05, 4.69) is 5.48 Å². The lowest BCUT2D eigenvalue weighted by molar-refractivity contribution is -0.145. The molecule has 19 heavy (non-hydrogen) atoms. The van der Waals surface area contributed by atoms with Gasteiger partial charge >= 0.3 is 5.97 Å². The second-order valence-corrected chi connectivity index (χ2v) is 4.75. The summed E-state index contributed by atoms with van der Waals surface area (Å²) in [6, 6.07) is 9.86. The van der Waals surface area contributed by atoms with Gasteiger partial charge in [0.2, 0.25) is 0 Å². The molecule has 4 heteroatoms. The largest absolute Gasteiger partial charge is 0.466 e. The molecule has 0 saturated carbocycles. The van der Waals surface area contributed by atoms with E-state index in [9.17, 15) is 4.79 Å². The van der Waals surface area contributed by atoms with E-state index in [0.29, 0.717) is 25.6 Å². The van der Waals surface area contributed by atoms with Gasteiger partial charge < -0.3 is 4.74 Å². The summed E-state index contributed by atoms with van der Waals surface area (Å²) in [6.45, 7) is 6.79. The van der Waals surface area contributed by atoms with Gasteiger partial charge in [0.15, 0.2) is 0 Å². The molecule has 0 fully saturated rings. The lowest BCUT2D eigenvalue weighted by Gasteiger charge is -2.21. The third-order valence-corrected chi connectivity index (χ3v) is 2.81. The number of nitrogens with one attached hydrogen (secondary N) is 1. The number of rotatable bonds is 8. The molecular weight excluding hydrogens is 242 g/mol. The van der Waals surface area contributed by atoms with Crippen molar-refractivity contribution in [1.29, 1.82) is 0 Å². The minimum atomic E-state index is -0.197. The van der Waals surface area contributed by atoms with E-state index >= 15 is 0 Å². The van der Waals surface area contributed by atoms with Crippen LogP contribution in [0.3, 0.4) is 0 Å². The number of carbonyl (C=O) groups excluding carboxylic acids is 1. The van der Waals surface area contributed by atoms with Crippen molar-refractivity contribution < 1.29 is 14.4 Å². The minimum Gasteiger partial charge on any atom is -0.466 e. The molecule has 1 aromatic carbocycles. The maximum Gasteiger partial charge on any atom is 0.307 e. The predicted molar refractivity (Wildman–Crippen MR) is 74.2 cm³/mol. The molecule has 106 valence electrons. The summed E-state index contributed by atoms with van der Waals surface area (Å²) in [6.07, 6.45) is 0.320. The number of hydrogen-bond acceptors (Lipinski definition) is 4. The molecule has 0 amide bonds. The van der Waals surface area contributed by atoms with Gasteiger partial charge in [-0.15, -0.1) is 0 Å². The van der Waals surface area contributed by atoms with Crippen molar-refractivity contribution in [1.82, 2.24) is 5.48 Å². The molecule has 0 aromatic heterocycles. The summed E-state index contributed by atoms with van der Waals surface area (Å²) in [4.78, 5) is 16.9. The Morgan fingerprint density at radius 3 is 2.53 bits per heavy atom. The highest BCUT2D eigenvalue weighted by Crippen LogP contribution is 2.08. The van der Waals surface area contributed by atoms with E-state index in [1.54, 1.807) is 0 Å². The van der Waals surface area contributed by atoms with Gasteiger partial charge in [0.25, 0.3) is 0 Å². The van der Waals surface area contributed by atoms with E-state index in [4.69, 9.17) is 9.57 Å². The highest BCUT2D eigenvalue weighted by atomic mass is 16.6. The summed E-state index contributed by atoms with van der Waals surface area (Å²) in [5, 5.41) is 0. The Kier molecular flexibility index (Phi) is 7.15. The number of esters is 1. The smallest absolute Gasteiger partial charge is 0.307 e. The van der Waals surface area contributed by atoms with Gasteiger partial charge in [-0.05, 0) is 18.4 Å². The van der Waals surface area contributed by atoms with Crippen LogP contribution >= 0.6 is 0 Å². The Balaban J connectivity index is 2.35. The second-order valence-electron chi connectivity index (χ2n) is 4.75. The molecule has 1 atom stereocenters. The maximum atomic E-state index is 11.5. The quantitative estimate of drug-likeness (QED) is 0.580. The van der Waals surface area contributed by atoms with Crippen LogP contribution in [0.1, 0.15) is 32.8 Å². The molecular formula is C15H23NO3. The van der Waals surface area contributed by atoms with Crippen LogP contribution in [0.25, 0.3) is 0 Å². The van der Waals surface area contributed by atoms with E-state index in [1.807, 2.05) is 51.1 Å². The normalized spacial score (nSPS) is 12.4. The first-order valence-electron chi connectivity index (χ1n) is 6.70. The Morgan fingerprint density at radius 2 is 1.95 bits per heavy atom. The van der Waals surface area contributed by atoms with Gasteiger partial charge in [-0.1, -0.05) is 44.2 Å². The fourth-order valence-electron chi connectivity index (χ4n) is 1.62. The molecule has 0 aliphatic carbocycles. The molecule has 0 heterocycles. The molecule has 1 aromatic rings. The Bertz CT molecular complexity index is 365. The standard InChI is InChI=1S/C15H23NO3/c1-4-18-15(17)10-14(12(2)3)16-19-11-13-8-6-5-7-9-13/h5-9,12,14,16H,4,10-11H2,1-3H3. The molecule has 4 nitrogen and oxygen atoms in total. The van der Waals surface area contributed by atoms with Crippen molar-refractivity contribution in [2.24, 2.45) is 5.92 Å². The average Bonchev–Trinajstić information content (AvgIpc) is 2.39. The number of ether oxygens (including phenoxy) is 1. The summed E-state index contributed by atoms with van der Waals surface area (Å²) in [7, 11) is 0. The van der Waals surface area contributed by atoms with E-state index in [1.165, 1.54) is 0 Å². The van der Waals surface area contributed by atoms with Crippen LogP contribution in [0.4, 0.5) is 0 Å². The van der Waals surface area contributed by atoms with E-state index < -0.39 is 0 Å². The third kappa shape index (κ3) is 6.36. The number of carbonyl (C=O) groups is 1. The van der Waals surface area contributed by atoms with Gasteiger partial charge in [-0.25, -0.2) is 0 Å². The van der Waals surface area contributed by atoms with Crippen molar-refractivity contribution in [2.45, 2.75) is 39.8 Å².